The minimum atomic E-state index is -1.47. The van der Waals surface area contributed by atoms with Gasteiger partial charge in [-0.25, -0.2) is 0 Å². The number of epoxide rings is 1. The van der Waals surface area contributed by atoms with Crippen LogP contribution in [0.25, 0.3) is 0 Å². The molecule has 4 nitrogen and oxygen atoms in total. The van der Waals surface area contributed by atoms with Crippen LogP contribution in [0.15, 0.2) is 12.2 Å². The van der Waals surface area contributed by atoms with Crippen molar-refractivity contribution in [1.82, 2.24) is 0 Å². The molecule has 1 heterocycles. The molecule has 0 aromatic carbocycles. The molecule has 186 valence electrons. The van der Waals surface area contributed by atoms with E-state index in [9.17, 15) is 15.0 Å². The molecule has 5 aliphatic rings. The molecular formula is C29H46O4. The topological polar surface area (TPSA) is 70.1 Å². The zero-order valence-corrected chi connectivity index (χ0v) is 21.7. The monoisotopic (exact) mass is 458 g/mol. The van der Waals surface area contributed by atoms with Crippen molar-refractivity contribution in [3.05, 3.63) is 12.2 Å². The van der Waals surface area contributed by atoms with Gasteiger partial charge in [-0.3, -0.25) is 4.79 Å². The maximum absolute atomic E-state index is 13.7. The summed E-state index contributed by atoms with van der Waals surface area (Å²) in [5, 5.41) is 22.9. The predicted molar refractivity (Wildman–Crippen MR) is 130 cm³/mol. The van der Waals surface area contributed by atoms with Crippen LogP contribution in [0.2, 0.25) is 0 Å². The normalized spacial score (nSPS) is 52.6. The molecule has 0 amide bonds. The highest BCUT2D eigenvalue weighted by atomic mass is 16.7. The highest BCUT2D eigenvalue weighted by molar-refractivity contribution is 5.91. The first kappa shape index (κ1) is 24.0. The molecule has 5 rings (SSSR count). The first-order valence-corrected chi connectivity index (χ1v) is 13.6. The van der Waals surface area contributed by atoms with Crippen molar-refractivity contribution in [3.8, 4) is 0 Å². The number of aliphatic hydroxyl groups excluding tert-OH is 1. The number of carbonyl (C=O) groups is 1. The molecule has 1 spiro atoms. The summed E-state index contributed by atoms with van der Waals surface area (Å²) in [4.78, 5) is 13.7. The Kier molecular flexibility index (Phi) is 5.21. The van der Waals surface area contributed by atoms with Crippen molar-refractivity contribution in [2.24, 2.45) is 40.4 Å². The Morgan fingerprint density at radius 3 is 2.42 bits per heavy atom. The summed E-state index contributed by atoms with van der Waals surface area (Å²) in [6, 6.07) is 0. The molecule has 5 fully saturated rings. The first-order chi connectivity index (χ1) is 15.3. The van der Waals surface area contributed by atoms with Gasteiger partial charge in [-0.1, -0.05) is 61.0 Å². The minimum Gasteiger partial charge on any atom is -0.389 e. The van der Waals surface area contributed by atoms with Crippen molar-refractivity contribution in [1.29, 1.82) is 0 Å². The number of fused-ring (bicyclic) bond motifs is 1. The second kappa shape index (κ2) is 7.17. The third-order valence-corrected chi connectivity index (χ3v) is 12.1. The number of hydrogen-bond acceptors (Lipinski definition) is 4. The van der Waals surface area contributed by atoms with Crippen molar-refractivity contribution in [2.75, 3.05) is 0 Å². The van der Waals surface area contributed by atoms with E-state index in [1.54, 1.807) is 0 Å². The van der Waals surface area contributed by atoms with Crippen molar-refractivity contribution in [2.45, 2.75) is 122 Å². The highest BCUT2D eigenvalue weighted by Crippen LogP contribution is 2.85. The van der Waals surface area contributed by atoms with E-state index in [0.29, 0.717) is 42.9 Å². The second-order valence-corrected chi connectivity index (χ2v) is 13.5. The lowest BCUT2D eigenvalue weighted by Crippen LogP contribution is -2.68. The Morgan fingerprint density at radius 2 is 1.76 bits per heavy atom. The third kappa shape index (κ3) is 2.62. The van der Waals surface area contributed by atoms with Crippen LogP contribution < -0.4 is 0 Å². The molecule has 10 unspecified atom stereocenters. The van der Waals surface area contributed by atoms with Crippen LogP contribution >= 0.6 is 0 Å². The molecule has 2 N–H and O–H groups in total. The molecule has 0 aromatic rings. The molecule has 0 radical (unpaired) electrons. The summed E-state index contributed by atoms with van der Waals surface area (Å²) in [5.74, 6) is 2.14. The van der Waals surface area contributed by atoms with Gasteiger partial charge in [0.2, 0.25) is 0 Å². The highest BCUT2D eigenvalue weighted by Gasteiger charge is 2.96. The molecule has 10 atom stereocenters. The number of rotatable bonds is 5. The van der Waals surface area contributed by atoms with Gasteiger partial charge in [-0.15, -0.1) is 0 Å². The number of aliphatic hydroxyl groups is 2. The number of Topliss-reactive ketones (excluding diaryl/α,β-unsaturated/α-hetero) is 1. The van der Waals surface area contributed by atoms with Gasteiger partial charge in [0.1, 0.15) is 11.2 Å². The quantitative estimate of drug-likeness (QED) is 0.424. The summed E-state index contributed by atoms with van der Waals surface area (Å²) in [5.41, 5.74) is -2.32. The van der Waals surface area contributed by atoms with Crippen LogP contribution in [-0.4, -0.2) is 38.9 Å². The summed E-state index contributed by atoms with van der Waals surface area (Å²) in [6.07, 6.45) is 6.95. The molecule has 4 saturated carbocycles. The summed E-state index contributed by atoms with van der Waals surface area (Å²) in [7, 11) is 0. The molecule has 1 saturated heterocycles. The molecule has 33 heavy (non-hydrogen) atoms. The summed E-state index contributed by atoms with van der Waals surface area (Å²) in [6.45, 7) is 18.2. The van der Waals surface area contributed by atoms with Gasteiger partial charge in [0.05, 0.1) is 6.10 Å². The van der Waals surface area contributed by atoms with Crippen molar-refractivity contribution in [3.63, 3.8) is 0 Å². The second-order valence-electron chi connectivity index (χ2n) is 13.5. The average molecular weight is 459 g/mol. The Labute approximate surface area is 200 Å². The van der Waals surface area contributed by atoms with E-state index >= 15 is 0 Å². The van der Waals surface area contributed by atoms with Gasteiger partial charge >= 0.3 is 0 Å². The van der Waals surface area contributed by atoms with Crippen LogP contribution in [0.3, 0.4) is 0 Å². The van der Waals surface area contributed by atoms with Crippen LogP contribution in [0.4, 0.5) is 0 Å². The summed E-state index contributed by atoms with van der Waals surface area (Å²) < 4.78 is 6.92. The number of hydrogen-bond donors (Lipinski definition) is 2. The minimum absolute atomic E-state index is 0.0299. The Hall–Kier alpha value is -0.710. The lowest BCUT2D eigenvalue weighted by Gasteiger charge is -2.56. The fourth-order valence-corrected chi connectivity index (χ4v) is 9.61. The van der Waals surface area contributed by atoms with E-state index in [0.717, 1.165) is 37.7 Å². The first-order valence-electron chi connectivity index (χ1n) is 13.6. The van der Waals surface area contributed by atoms with E-state index in [1.807, 2.05) is 0 Å². The fraction of sp³-hybridized carbons (Fsp3) is 0.897. The average Bonchev–Trinajstić information content (AvgIpc) is 3.43. The smallest absolute Gasteiger partial charge is 0.167 e. The molecule has 4 heteroatoms. The van der Waals surface area contributed by atoms with Gasteiger partial charge in [0.25, 0.3) is 0 Å². The number of ketones is 1. The van der Waals surface area contributed by atoms with Gasteiger partial charge in [-0.2, -0.15) is 0 Å². The Balaban J connectivity index is 1.55. The molecule has 0 bridgehead atoms. The van der Waals surface area contributed by atoms with Crippen LogP contribution in [0, 0.1) is 40.4 Å². The van der Waals surface area contributed by atoms with Crippen LogP contribution in [0.5, 0.6) is 0 Å². The van der Waals surface area contributed by atoms with Crippen molar-refractivity contribution >= 4 is 5.78 Å². The predicted octanol–water partition coefficient (Wildman–Crippen LogP) is 5.45. The van der Waals surface area contributed by atoms with E-state index in [-0.39, 0.29) is 22.5 Å². The Morgan fingerprint density at radius 1 is 1.06 bits per heavy atom. The SMILES string of the molecule is C=C1C(O)CCC2(C)C1CC1(O)C(=O)CCC(C(C)CCC(C)C(C)C)C3(C)CCC24OC134. The number of ether oxygens (including phenoxy) is 1. The van der Waals surface area contributed by atoms with Gasteiger partial charge in [0, 0.05) is 17.3 Å². The van der Waals surface area contributed by atoms with Gasteiger partial charge in [-0.05, 0) is 73.7 Å². The number of carbonyl (C=O) groups excluding carboxylic acids is 1. The summed E-state index contributed by atoms with van der Waals surface area (Å²) >= 11 is 0. The van der Waals surface area contributed by atoms with Crippen LogP contribution in [-0.2, 0) is 9.53 Å². The molecule has 4 aliphatic carbocycles. The standard InChI is InChI=1S/C29H46O4/c1-17(2)18(3)8-9-19(4)21-10-11-24(31)27(32)16-22-20(5)23(30)12-13-25(22,6)28-15-14-26(21,7)29(27,28)33-28/h17-19,21-23,30,32H,5,8-16H2,1-4,6-7H3. The largest absolute Gasteiger partial charge is 0.389 e. The fourth-order valence-electron chi connectivity index (χ4n) is 9.61. The molecule has 0 aromatic heterocycles. The van der Waals surface area contributed by atoms with Crippen molar-refractivity contribution < 1.29 is 19.7 Å². The maximum atomic E-state index is 13.7. The van der Waals surface area contributed by atoms with Gasteiger partial charge in [0.15, 0.2) is 11.4 Å². The van der Waals surface area contributed by atoms with Gasteiger partial charge < -0.3 is 14.9 Å². The lowest BCUT2D eigenvalue weighted by molar-refractivity contribution is -0.164. The van der Waals surface area contributed by atoms with Crippen LogP contribution in [0.1, 0.15) is 99.3 Å². The lowest BCUT2D eigenvalue weighted by atomic mass is 9.45. The maximum Gasteiger partial charge on any atom is 0.167 e. The molecular weight excluding hydrogens is 412 g/mol. The van der Waals surface area contributed by atoms with E-state index in [4.69, 9.17) is 4.74 Å². The van der Waals surface area contributed by atoms with E-state index < -0.39 is 22.9 Å². The molecule has 1 aliphatic heterocycles. The Bertz CT molecular complexity index is 866. The zero-order chi connectivity index (χ0) is 24.2. The third-order valence-electron chi connectivity index (χ3n) is 12.1. The zero-order valence-electron chi connectivity index (χ0n) is 21.7. The van der Waals surface area contributed by atoms with E-state index in [2.05, 4.69) is 48.1 Å². The van der Waals surface area contributed by atoms with E-state index in [1.165, 1.54) is 6.42 Å².